The molecule has 4 aromatic rings. The van der Waals surface area contributed by atoms with Crippen LogP contribution in [0.1, 0.15) is 24.3 Å². The number of benzene rings is 2. The van der Waals surface area contributed by atoms with Gasteiger partial charge in [0.05, 0.1) is 30.4 Å². The maximum Gasteiger partial charge on any atom is 0.337 e. The predicted molar refractivity (Wildman–Crippen MR) is 141 cm³/mol. The third-order valence-electron chi connectivity index (χ3n) is 6.09. The molecule has 0 atom stereocenters. The number of carbonyl (C=O) groups excluding carboxylic acids is 1. The molecule has 8 nitrogen and oxygen atoms in total. The minimum atomic E-state index is -0.613. The number of rotatable bonds is 5. The summed E-state index contributed by atoms with van der Waals surface area (Å²) in [5.41, 5.74) is 0.263. The largest absolute Gasteiger partial charge is 0.497 e. The van der Waals surface area contributed by atoms with Gasteiger partial charge in [0, 0.05) is 22.0 Å². The Morgan fingerprint density at radius 2 is 1.94 bits per heavy atom. The SMILES string of the molecule is COc1ccc(NC(=O)Cn2c(=O)n(-c3cccc(Cl)c3)c(=O)c3c4c(sc32)COC(C)(C)C4)cc1. The van der Waals surface area contributed by atoms with E-state index in [4.69, 9.17) is 21.1 Å². The van der Waals surface area contributed by atoms with Crippen molar-refractivity contribution in [3.05, 3.63) is 84.8 Å². The van der Waals surface area contributed by atoms with E-state index in [-0.39, 0.29) is 6.54 Å². The summed E-state index contributed by atoms with van der Waals surface area (Å²) in [5, 5.41) is 3.64. The summed E-state index contributed by atoms with van der Waals surface area (Å²) in [6, 6.07) is 13.4. The molecular weight excluding hydrogens is 502 g/mol. The molecule has 5 rings (SSSR count). The Morgan fingerprint density at radius 3 is 2.64 bits per heavy atom. The quantitative estimate of drug-likeness (QED) is 0.418. The molecule has 0 unspecified atom stereocenters. The Labute approximate surface area is 215 Å². The molecule has 1 aliphatic rings. The number of anilines is 1. The van der Waals surface area contributed by atoms with Crippen LogP contribution < -0.4 is 21.3 Å². The summed E-state index contributed by atoms with van der Waals surface area (Å²) in [7, 11) is 1.56. The smallest absolute Gasteiger partial charge is 0.337 e. The normalized spacial score (nSPS) is 14.4. The lowest BCUT2D eigenvalue weighted by atomic mass is 9.94. The van der Waals surface area contributed by atoms with Crippen LogP contribution in [-0.4, -0.2) is 27.8 Å². The van der Waals surface area contributed by atoms with Gasteiger partial charge in [0.25, 0.3) is 5.56 Å². The van der Waals surface area contributed by atoms with Gasteiger partial charge in [-0.3, -0.25) is 14.2 Å². The molecule has 0 bridgehead atoms. The molecule has 0 fully saturated rings. The third kappa shape index (κ3) is 4.45. The molecule has 3 heterocycles. The molecule has 0 aliphatic carbocycles. The molecule has 0 saturated carbocycles. The lowest BCUT2D eigenvalue weighted by Gasteiger charge is -2.29. The van der Waals surface area contributed by atoms with Crippen LogP contribution >= 0.6 is 22.9 Å². The van der Waals surface area contributed by atoms with E-state index in [0.717, 1.165) is 15.0 Å². The molecule has 186 valence electrons. The molecule has 1 aliphatic heterocycles. The molecule has 1 amide bonds. The first-order valence-electron chi connectivity index (χ1n) is 11.3. The Kier molecular flexibility index (Phi) is 6.23. The van der Waals surface area contributed by atoms with E-state index in [1.54, 1.807) is 55.6 Å². The first-order chi connectivity index (χ1) is 17.2. The zero-order chi connectivity index (χ0) is 25.6. The van der Waals surface area contributed by atoms with Gasteiger partial charge in [-0.1, -0.05) is 17.7 Å². The fourth-order valence-corrected chi connectivity index (χ4v) is 5.76. The number of hydrogen-bond acceptors (Lipinski definition) is 6. The average molecular weight is 526 g/mol. The second kappa shape index (κ2) is 9.24. The van der Waals surface area contributed by atoms with E-state index < -0.39 is 22.8 Å². The number of halogens is 1. The van der Waals surface area contributed by atoms with Crippen LogP contribution in [0.5, 0.6) is 5.75 Å². The zero-order valence-corrected chi connectivity index (χ0v) is 21.5. The van der Waals surface area contributed by atoms with Crippen LogP contribution in [0.4, 0.5) is 5.69 Å². The molecule has 0 spiro atoms. The number of hydrogen-bond donors (Lipinski definition) is 1. The summed E-state index contributed by atoms with van der Waals surface area (Å²) < 4.78 is 13.5. The maximum absolute atomic E-state index is 13.8. The average Bonchev–Trinajstić information content (AvgIpc) is 3.20. The van der Waals surface area contributed by atoms with E-state index in [1.807, 2.05) is 13.8 Å². The Bertz CT molecular complexity index is 1600. The molecular formula is C26H24ClN3O5S. The lowest BCUT2D eigenvalue weighted by molar-refractivity contribution is -0.116. The van der Waals surface area contributed by atoms with Crippen LogP contribution in [0, 0.1) is 0 Å². The standard InChI is InChI=1S/C26H24ClN3O5S/c1-26(2)12-19-20(14-35-26)36-24-22(19)23(32)30(17-6-4-5-15(27)11-17)25(33)29(24)13-21(31)28-16-7-9-18(34-3)10-8-16/h4-11H,12-14H2,1-3H3,(H,28,31). The second-order valence-electron chi connectivity index (χ2n) is 9.17. The molecule has 36 heavy (non-hydrogen) atoms. The van der Waals surface area contributed by atoms with Crippen molar-refractivity contribution >= 4 is 44.7 Å². The van der Waals surface area contributed by atoms with Crippen molar-refractivity contribution in [2.24, 2.45) is 0 Å². The number of amides is 1. The van der Waals surface area contributed by atoms with Crippen LogP contribution in [0.3, 0.4) is 0 Å². The minimum absolute atomic E-state index is 0.272. The second-order valence-corrected chi connectivity index (χ2v) is 10.7. The minimum Gasteiger partial charge on any atom is -0.497 e. The van der Waals surface area contributed by atoms with Crippen molar-refractivity contribution in [3.8, 4) is 11.4 Å². The van der Waals surface area contributed by atoms with E-state index in [2.05, 4.69) is 5.32 Å². The monoisotopic (exact) mass is 525 g/mol. The molecule has 0 saturated heterocycles. The molecule has 2 aromatic carbocycles. The zero-order valence-electron chi connectivity index (χ0n) is 20.0. The van der Waals surface area contributed by atoms with Crippen LogP contribution in [0.25, 0.3) is 15.9 Å². The molecule has 0 radical (unpaired) electrons. The molecule has 1 N–H and O–H groups in total. The van der Waals surface area contributed by atoms with Gasteiger partial charge in [-0.25, -0.2) is 9.36 Å². The van der Waals surface area contributed by atoms with Gasteiger partial charge in [-0.15, -0.1) is 11.3 Å². The molecule has 2 aromatic heterocycles. The van der Waals surface area contributed by atoms with Gasteiger partial charge < -0.3 is 14.8 Å². The summed E-state index contributed by atoms with van der Waals surface area (Å²) in [4.78, 5) is 41.8. The topological polar surface area (TPSA) is 91.6 Å². The van der Waals surface area contributed by atoms with Crippen molar-refractivity contribution in [3.63, 3.8) is 0 Å². The van der Waals surface area contributed by atoms with Crippen LogP contribution in [0.15, 0.2) is 58.1 Å². The third-order valence-corrected chi connectivity index (χ3v) is 7.56. The number of nitrogens with one attached hydrogen (secondary N) is 1. The highest BCUT2D eigenvalue weighted by atomic mass is 35.5. The van der Waals surface area contributed by atoms with E-state index >= 15 is 0 Å². The first-order valence-corrected chi connectivity index (χ1v) is 12.5. The van der Waals surface area contributed by atoms with Crippen molar-refractivity contribution in [2.45, 2.75) is 39.0 Å². The number of aromatic nitrogens is 2. The number of ether oxygens (including phenoxy) is 2. The highest BCUT2D eigenvalue weighted by Gasteiger charge is 2.32. The highest BCUT2D eigenvalue weighted by molar-refractivity contribution is 7.18. The van der Waals surface area contributed by atoms with Gasteiger partial charge in [0.15, 0.2) is 0 Å². The van der Waals surface area contributed by atoms with Crippen molar-refractivity contribution in [2.75, 3.05) is 12.4 Å². The number of nitrogens with zero attached hydrogens (tertiary/aromatic N) is 2. The Morgan fingerprint density at radius 1 is 1.19 bits per heavy atom. The fraction of sp³-hybridized carbons (Fsp3) is 0.269. The van der Waals surface area contributed by atoms with Crippen LogP contribution in [0.2, 0.25) is 5.02 Å². The highest BCUT2D eigenvalue weighted by Crippen LogP contribution is 2.37. The summed E-state index contributed by atoms with van der Waals surface area (Å²) in [5.74, 6) is 0.261. The van der Waals surface area contributed by atoms with Crippen molar-refractivity contribution < 1.29 is 14.3 Å². The van der Waals surface area contributed by atoms with Gasteiger partial charge in [0.2, 0.25) is 5.91 Å². The Balaban J connectivity index is 1.66. The van der Waals surface area contributed by atoms with Gasteiger partial charge in [-0.2, -0.15) is 0 Å². The van der Waals surface area contributed by atoms with Crippen molar-refractivity contribution in [1.29, 1.82) is 0 Å². The fourth-order valence-electron chi connectivity index (χ4n) is 4.36. The number of thiophene rings is 1. The van der Waals surface area contributed by atoms with E-state index in [0.29, 0.717) is 45.4 Å². The number of carbonyl (C=O) groups is 1. The van der Waals surface area contributed by atoms with Crippen molar-refractivity contribution in [1.82, 2.24) is 9.13 Å². The van der Waals surface area contributed by atoms with Gasteiger partial charge in [0.1, 0.15) is 17.1 Å². The first kappa shape index (κ1) is 24.3. The Hall–Kier alpha value is -3.40. The summed E-state index contributed by atoms with van der Waals surface area (Å²) >= 11 is 7.49. The summed E-state index contributed by atoms with van der Waals surface area (Å²) in [6.07, 6.45) is 0.517. The number of methoxy groups -OCH3 is 1. The summed E-state index contributed by atoms with van der Waals surface area (Å²) in [6.45, 7) is 4.00. The van der Waals surface area contributed by atoms with Gasteiger partial charge >= 0.3 is 5.69 Å². The predicted octanol–water partition coefficient (Wildman–Crippen LogP) is 4.37. The van der Waals surface area contributed by atoms with E-state index in [9.17, 15) is 14.4 Å². The van der Waals surface area contributed by atoms with E-state index in [1.165, 1.54) is 15.9 Å². The molecule has 10 heteroatoms. The number of fused-ring (bicyclic) bond motifs is 3. The van der Waals surface area contributed by atoms with Crippen LogP contribution in [-0.2, 0) is 29.1 Å². The maximum atomic E-state index is 13.8. The van der Waals surface area contributed by atoms with Gasteiger partial charge in [-0.05, 0) is 61.9 Å². The lowest BCUT2D eigenvalue weighted by Crippen LogP contribution is -2.41.